The molecule has 0 bridgehead atoms. The summed E-state index contributed by atoms with van der Waals surface area (Å²) < 4.78 is 41.2. The van der Waals surface area contributed by atoms with E-state index in [0.717, 1.165) is 22.6 Å². The summed E-state index contributed by atoms with van der Waals surface area (Å²) in [5.74, 6) is -0.261. The van der Waals surface area contributed by atoms with Gasteiger partial charge in [0.25, 0.3) is 5.56 Å². The molecule has 4 aromatic rings. The molecule has 0 saturated heterocycles. The number of carbonyl (C=O) groups is 1. The average Bonchev–Trinajstić information content (AvgIpc) is 3.32. The van der Waals surface area contributed by atoms with E-state index in [1.165, 1.54) is 22.0 Å². The molecule has 0 spiro atoms. The van der Waals surface area contributed by atoms with Gasteiger partial charge in [-0.1, -0.05) is 36.4 Å². The number of amides is 1. The number of benzene rings is 2. The summed E-state index contributed by atoms with van der Waals surface area (Å²) in [7, 11) is 0. The molecule has 2 heterocycles. The van der Waals surface area contributed by atoms with E-state index >= 15 is 0 Å². The molecule has 0 aliphatic heterocycles. The predicted octanol–water partition coefficient (Wildman–Crippen LogP) is 4.77. The zero-order valence-corrected chi connectivity index (χ0v) is 18.2. The van der Waals surface area contributed by atoms with Gasteiger partial charge in [0, 0.05) is 17.7 Å². The number of thiophene rings is 1. The molecule has 4 rings (SSSR count). The molecule has 0 saturated carbocycles. The van der Waals surface area contributed by atoms with Gasteiger partial charge in [0.1, 0.15) is 5.69 Å². The minimum Gasteiger partial charge on any atom is -0.351 e. The van der Waals surface area contributed by atoms with Crippen LogP contribution in [0, 0.1) is 0 Å². The first kappa shape index (κ1) is 22.7. The fraction of sp³-hybridized carbons (Fsp3) is 0.208. The van der Waals surface area contributed by atoms with Gasteiger partial charge in [-0.2, -0.15) is 13.2 Å². The summed E-state index contributed by atoms with van der Waals surface area (Å²) in [4.78, 5) is 30.6. The molecule has 33 heavy (non-hydrogen) atoms. The first-order valence-corrected chi connectivity index (χ1v) is 11.1. The van der Waals surface area contributed by atoms with Gasteiger partial charge in [0.15, 0.2) is 0 Å². The largest absolute Gasteiger partial charge is 0.416 e. The van der Waals surface area contributed by atoms with Crippen LogP contribution in [-0.4, -0.2) is 15.5 Å². The third-order valence-electron chi connectivity index (χ3n) is 5.15. The molecule has 1 N–H and O–H groups in total. The number of nitrogens with zero attached hydrogens (tertiary/aromatic N) is 2. The monoisotopic (exact) mass is 471 g/mol. The lowest BCUT2D eigenvalue weighted by Gasteiger charge is -2.14. The molecule has 9 heteroatoms. The third kappa shape index (κ3) is 5.48. The van der Waals surface area contributed by atoms with E-state index in [2.05, 4.69) is 10.3 Å². The third-order valence-corrected chi connectivity index (χ3v) is 6.03. The Bertz CT molecular complexity index is 1320. The van der Waals surface area contributed by atoms with Crippen molar-refractivity contribution in [1.29, 1.82) is 0 Å². The van der Waals surface area contributed by atoms with Crippen molar-refractivity contribution in [2.24, 2.45) is 0 Å². The summed E-state index contributed by atoms with van der Waals surface area (Å²) in [6.07, 6.45) is -4.50. The number of fused-ring (bicyclic) bond motifs is 1. The Labute approximate surface area is 191 Å². The van der Waals surface area contributed by atoms with Crippen LogP contribution in [0.5, 0.6) is 0 Å². The number of hydrogen-bond acceptors (Lipinski definition) is 4. The van der Waals surface area contributed by atoms with E-state index in [9.17, 15) is 22.8 Å². The summed E-state index contributed by atoms with van der Waals surface area (Å²) in [6, 6.07) is 16.1. The molecular weight excluding hydrogens is 451 g/mol. The van der Waals surface area contributed by atoms with Crippen LogP contribution in [0.15, 0.2) is 70.8 Å². The van der Waals surface area contributed by atoms with Gasteiger partial charge in [-0.15, -0.1) is 11.3 Å². The lowest BCUT2D eigenvalue weighted by molar-refractivity contribution is -0.137. The Balaban J connectivity index is 1.65. The van der Waals surface area contributed by atoms with Gasteiger partial charge < -0.3 is 9.88 Å². The summed E-state index contributed by atoms with van der Waals surface area (Å²) in [6.45, 7) is 0.566. The first-order chi connectivity index (χ1) is 15.8. The molecule has 2 aromatic heterocycles. The molecule has 2 aromatic carbocycles. The Morgan fingerprint density at radius 1 is 1.06 bits per heavy atom. The van der Waals surface area contributed by atoms with E-state index in [1.54, 1.807) is 0 Å². The molecule has 0 fully saturated rings. The summed E-state index contributed by atoms with van der Waals surface area (Å²) >= 11 is 1.52. The van der Waals surface area contributed by atoms with Crippen LogP contribution in [-0.2, 0) is 30.5 Å². The number of hydrogen-bond donors (Lipinski definition) is 1. The Morgan fingerprint density at radius 2 is 1.85 bits per heavy atom. The van der Waals surface area contributed by atoms with Crippen LogP contribution >= 0.6 is 11.3 Å². The number of nitrogens with one attached hydrogen (secondary N) is 1. The molecule has 0 radical (unpaired) electrons. The predicted molar refractivity (Wildman–Crippen MR) is 121 cm³/mol. The van der Waals surface area contributed by atoms with Crippen molar-refractivity contribution in [3.8, 4) is 0 Å². The van der Waals surface area contributed by atoms with Crippen molar-refractivity contribution >= 4 is 28.3 Å². The molecule has 0 aliphatic carbocycles. The molecule has 0 atom stereocenters. The maximum absolute atomic E-state index is 13.2. The second kappa shape index (κ2) is 9.58. The number of aromatic nitrogens is 2. The molecule has 5 nitrogen and oxygen atoms in total. The number of alkyl halides is 3. The quantitative estimate of drug-likeness (QED) is 0.422. The maximum atomic E-state index is 13.2. The summed E-state index contributed by atoms with van der Waals surface area (Å²) in [5.41, 5.74) is -0.00279. The fourth-order valence-corrected chi connectivity index (χ4v) is 4.13. The lowest BCUT2D eigenvalue weighted by atomic mass is 10.1. The standard InChI is InChI=1S/C24H20F3N3O2S/c25-24(26,27)17-8-10-21-20(13-17)29-19(9-11-22(31)28-14-18-7-4-12-33-18)23(32)30(21)15-16-5-2-1-3-6-16/h1-8,10,12-13H,9,11,14-15H2,(H,28,31). The van der Waals surface area contributed by atoms with Crippen molar-refractivity contribution in [1.82, 2.24) is 14.9 Å². The number of halogens is 3. The number of carbonyl (C=O) groups excluding carboxylic acids is 1. The van der Waals surface area contributed by atoms with Crippen LogP contribution in [0.2, 0.25) is 0 Å². The van der Waals surface area contributed by atoms with Crippen molar-refractivity contribution in [3.05, 3.63) is 98.1 Å². The van der Waals surface area contributed by atoms with E-state index in [0.29, 0.717) is 12.1 Å². The van der Waals surface area contributed by atoms with Gasteiger partial charge in [-0.05, 0) is 35.2 Å². The highest BCUT2D eigenvalue weighted by Gasteiger charge is 2.31. The zero-order chi connectivity index (χ0) is 23.4. The minimum atomic E-state index is -4.53. The number of rotatable bonds is 7. The van der Waals surface area contributed by atoms with Crippen LogP contribution in [0.25, 0.3) is 11.0 Å². The van der Waals surface area contributed by atoms with Gasteiger partial charge in [-0.3, -0.25) is 9.59 Å². The van der Waals surface area contributed by atoms with Crippen molar-refractivity contribution < 1.29 is 18.0 Å². The van der Waals surface area contributed by atoms with Crippen molar-refractivity contribution in [2.75, 3.05) is 0 Å². The van der Waals surface area contributed by atoms with Crippen LogP contribution < -0.4 is 10.9 Å². The normalized spacial score (nSPS) is 11.6. The highest BCUT2D eigenvalue weighted by molar-refractivity contribution is 7.09. The Kier molecular flexibility index (Phi) is 6.60. The van der Waals surface area contributed by atoms with Gasteiger partial charge >= 0.3 is 6.18 Å². The molecule has 170 valence electrons. The number of aryl methyl sites for hydroxylation is 1. The second-order valence-electron chi connectivity index (χ2n) is 7.49. The highest BCUT2D eigenvalue weighted by Crippen LogP contribution is 2.31. The van der Waals surface area contributed by atoms with E-state index in [4.69, 9.17) is 0 Å². The van der Waals surface area contributed by atoms with Crippen molar-refractivity contribution in [3.63, 3.8) is 0 Å². The SMILES string of the molecule is O=C(CCc1nc2cc(C(F)(F)F)ccc2n(Cc2ccccc2)c1=O)NCc1cccs1. The maximum Gasteiger partial charge on any atom is 0.416 e. The smallest absolute Gasteiger partial charge is 0.351 e. The van der Waals surface area contributed by atoms with Gasteiger partial charge in [-0.25, -0.2) is 4.98 Å². The Hall–Kier alpha value is -3.46. The minimum absolute atomic E-state index is 0.00339. The molecule has 0 unspecified atom stereocenters. The first-order valence-electron chi connectivity index (χ1n) is 10.2. The second-order valence-corrected chi connectivity index (χ2v) is 8.52. The van der Waals surface area contributed by atoms with E-state index in [-0.39, 0.29) is 36.5 Å². The molecular formula is C24H20F3N3O2S. The van der Waals surface area contributed by atoms with Crippen LogP contribution in [0.1, 0.15) is 28.1 Å². The lowest BCUT2D eigenvalue weighted by Crippen LogP contribution is -2.28. The molecule has 0 aliphatic rings. The Morgan fingerprint density at radius 3 is 2.55 bits per heavy atom. The van der Waals surface area contributed by atoms with Crippen LogP contribution in [0.4, 0.5) is 13.2 Å². The van der Waals surface area contributed by atoms with E-state index in [1.807, 2.05) is 47.8 Å². The summed E-state index contributed by atoms with van der Waals surface area (Å²) in [5, 5.41) is 4.69. The fourth-order valence-electron chi connectivity index (χ4n) is 3.48. The molecule has 1 amide bonds. The van der Waals surface area contributed by atoms with Gasteiger partial charge in [0.2, 0.25) is 5.91 Å². The van der Waals surface area contributed by atoms with E-state index < -0.39 is 17.3 Å². The zero-order valence-electron chi connectivity index (χ0n) is 17.4. The average molecular weight is 472 g/mol. The highest BCUT2D eigenvalue weighted by atomic mass is 32.1. The van der Waals surface area contributed by atoms with Crippen molar-refractivity contribution in [2.45, 2.75) is 32.1 Å². The van der Waals surface area contributed by atoms with Crippen LogP contribution in [0.3, 0.4) is 0 Å². The topological polar surface area (TPSA) is 64.0 Å². The van der Waals surface area contributed by atoms with Gasteiger partial charge in [0.05, 0.1) is 29.7 Å².